The highest BCUT2D eigenvalue weighted by Gasteiger charge is 2.26. The number of hydrogen-bond acceptors (Lipinski definition) is 47. The van der Waals surface area contributed by atoms with Gasteiger partial charge < -0.3 is 229 Å². The third-order valence-electron chi connectivity index (χ3n) is 16.1. The Kier molecular flexibility index (Phi) is 91.0. The predicted octanol–water partition coefficient (Wildman–Crippen LogP) is -7.17. The zero-order chi connectivity index (χ0) is 98.9. The van der Waals surface area contributed by atoms with Crippen LogP contribution >= 0.6 is 0 Å². The first kappa shape index (κ1) is 133. The van der Waals surface area contributed by atoms with Crippen LogP contribution < -0.4 is 0 Å². The Morgan fingerprint density at radius 3 is 0.534 bits per heavy atom. The molecule has 0 radical (unpaired) electrons. The molecule has 0 aliphatic heterocycles. The summed E-state index contributed by atoms with van der Waals surface area (Å²) in [6, 6.07) is 0. The molecule has 47 heteroatoms. The maximum Gasteiger partial charge on any atom is 0.104 e. The molecule has 0 heterocycles. The second-order valence-corrected chi connectivity index (χ2v) is 32.9. The summed E-state index contributed by atoms with van der Waals surface area (Å²) in [6.45, 7) is 14.7. The lowest BCUT2D eigenvalue weighted by molar-refractivity contribution is -0.143. The molecule has 0 aromatic heterocycles. The summed E-state index contributed by atoms with van der Waals surface area (Å²) >= 11 is 0. The lowest BCUT2D eigenvalue weighted by atomic mass is 10.2. The first-order valence-electron chi connectivity index (χ1n) is 43.9. The smallest absolute Gasteiger partial charge is 0.104 e. The largest absolute Gasteiger partial charge is 0.394 e. The number of hydrogen-bond donors (Lipinski definition) is 18. The second-order valence-electron chi connectivity index (χ2n) is 32.9. The second kappa shape index (κ2) is 89.5. The van der Waals surface area contributed by atoms with Gasteiger partial charge in [0.25, 0.3) is 0 Å². The third kappa shape index (κ3) is 91.6. The fourth-order valence-electron chi connectivity index (χ4n) is 10.0. The summed E-state index contributed by atoms with van der Waals surface area (Å²) in [5, 5.41) is 177. The standard InChI is InChI=1S/C31H64O17.C29H60O17.C24H50O13/c1-31(2,3)48-22-30(21-44-14-26(35)13-43-12-25(34)11-41-9-23(32)7-38-4)47-18-28(37)16-45-20-29(19-40-6)46-17-27(36)15-42-10-24(33)8-39-5;1-21(2)46-29(18-41-13-24(35)12-39-10-22(33)8-37-3)20-45-28(19-44-26(5-30)6-31)17-42-16-27(7-32)43-15-25(36)14-40-11-23(34)9-38-4;1-24(2,3)37-17-23(36-15-22(29)14-33-9-19(26)7-31-5)16-35-13-21(28)12-34-11-20(27)10-32-8-18(25)6-30-4/h23-30,32-37H,7-22H2,1-6H3;21-36H,5-20H2,1-4H3;18-23,25-29H,6-17H2,1-5H3. The highest BCUT2D eigenvalue weighted by Crippen LogP contribution is 2.14. The molecule has 0 spiro atoms. The van der Waals surface area contributed by atoms with Gasteiger partial charge in [0.1, 0.15) is 134 Å². The van der Waals surface area contributed by atoms with E-state index in [2.05, 4.69) is 0 Å². The van der Waals surface area contributed by atoms with Crippen molar-refractivity contribution in [2.24, 2.45) is 0 Å². The van der Waals surface area contributed by atoms with E-state index in [1.807, 2.05) is 55.4 Å². The zero-order valence-electron chi connectivity index (χ0n) is 80.3. The fourth-order valence-corrected chi connectivity index (χ4v) is 10.0. The Balaban J connectivity index is -0.00000189. The average Bonchev–Trinajstić information content (AvgIpc) is 0.937. The van der Waals surface area contributed by atoms with E-state index in [-0.39, 0.29) is 284 Å². The summed E-state index contributed by atoms with van der Waals surface area (Å²) in [7, 11) is 10.3. The Bertz CT molecular complexity index is 2340. The average molecular weight is 1940 g/mol. The molecule has 0 saturated heterocycles. The number of aliphatic hydroxyl groups excluding tert-OH is 18. The summed E-state index contributed by atoms with van der Waals surface area (Å²) in [4.78, 5) is 0. The van der Waals surface area contributed by atoms with Crippen molar-refractivity contribution in [3.8, 4) is 0 Å². The van der Waals surface area contributed by atoms with Crippen LogP contribution in [0.1, 0.15) is 55.4 Å². The molecule has 21 atom stereocenters. The Morgan fingerprint density at radius 2 is 0.321 bits per heavy atom. The molecule has 0 aliphatic rings. The van der Waals surface area contributed by atoms with Crippen molar-refractivity contribution < 1.29 is 229 Å². The van der Waals surface area contributed by atoms with Gasteiger partial charge in [0.2, 0.25) is 0 Å². The third-order valence-corrected chi connectivity index (χ3v) is 16.1. The molecule has 0 aliphatic carbocycles. The molecule has 792 valence electrons. The van der Waals surface area contributed by atoms with E-state index in [0.29, 0.717) is 0 Å². The van der Waals surface area contributed by atoms with Crippen LogP contribution in [0.4, 0.5) is 0 Å². The molecule has 0 bridgehead atoms. The van der Waals surface area contributed by atoms with E-state index >= 15 is 0 Å². The first-order chi connectivity index (χ1) is 62.3. The number of ether oxygens (including phenoxy) is 29. The molecular weight excluding hydrogens is 1760 g/mol. The molecule has 0 aromatic carbocycles. The van der Waals surface area contributed by atoms with Crippen molar-refractivity contribution in [2.75, 3.05) is 340 Å². The lowest BCUT2D eigenvalue weighted by Crippen LogP contribution is -2.37. The highest BCUT2D eigenvalue weighted by molar-refractivity contribution is 4.72. The van der Waals surface area contributed by atoms with Crippen LogP contribution in [0.5, 0.6) is 0 Å². The van der Waals surface area contributed by atoms with Crippen molar-refractivity contribution in [1.29, 1.82) is 0 Å². The number of rotatable bonds is 93. The van der Waals surface area contributed by atoms with Crippen molar-refractivity contribution in [1.82, 2.24) is 0 Å². The molecule has 47 nitrogen and oxygen atoms in total. The first-order valence-corrected chi connectivity index (χ1v) is 43.9. The van der Waals surface area contributed by atoms with E-state index in [4.69, 9.17) is 137 Å². The molecule has 131 heavy (non-hydrogen) atoms. The van der Waals surface area contributed by atoms with Crippen LogP contribution in [-0.4, -0.2) is 584 Å². The maximum atomic E-state index is 10.4. The quantitative estimate of drug-likeness (QED) is 0.0269. The van der Waals surface area contributed by atoms with E-state index in [9.17, 15) is 91.9 Å². The van der Waals surface area contributed by atoms with E-state index in [1.54, 1.807) is 0 Å². The molecule has 0 saturated carbocycles. The van der Waals surface area contributed by atoms with Gasteiger partial charge in [-0.05, 0) is 55.4 Å². The summed E-state index contributed by atoms with van der Waals surface area (Å²) in [6.07, 6.45) is -17.7. The maximum absolute atomic E-state index is 10.4. The van der Waals surface area contributed by atoms with Crippen LogP contribution in [0.25, 0.3) is 0 Å². The molecule has 18 N–H and O–H groups in total. The van der Waals surface area contributed by atoms with E-state index in [1.165, 1.54) is 49.8 Å². The van der Waals surface area contributed by atoms with Gasteiger partial charge in [-0.15, -0.1) is 0 Å². The van der Waals surface area contributed by atoms with Crippen molar-refractivity contribution in [3.63, 3.8) is 0 Å². The van der Waals surface area contributed by atoms with Gasteiger partial charge >= 0.3 is 0 Å². The molecule has 0 fully saturated rings. The van der Waals surface area contributed by atoms with Crippen LogP contribution in [0.15, 0.2) is 0 Å². The fraction of sp³-hybridized carbons (Fsp3) is 1.00. The van der Waals surface area contributed by atoms with Gasteiger partial charge in [0.15, 0.2) is 0 Å². The molecule has 0 rings (SSSR count). The SMILES string of the molecule is COCC(O)COCC(O)COCC(COC(COCC(CO)OCC(O)COCC(O)COC)COC(CO)CO)OC(C)C.COCC(O)COCC(O)COCC(O)COCC(COC(C)(C)C)OCC(O)COCC(COC)OCC(O)COCC(O)COC.COCC(O)COCC(O)COCC(O)COCC(COC(C)(C)C)OCC(O)COCC(O)COC. The van der Waals surface area contributed by atoms with Crippen molar-refractivity contribution >= 4 is 0 Å². The van der Waals surface area contributed by atoms with Crippen LogP contribution in [-0.2, 0) is 137 Å². The summed E-state index contributed by atoms with van der Waals surface area (Å²) in [5.74, 6) is 0. The normalized spacial score (nSPS) is 17.2. The lowest BCUT2D eigenvalue weighted by Gasteiger charge is -2.26. The van der Waals surface area contributed by atoms with Crippen molar-refractivity contribution in [2.45, 2.75) is 207 Å². The monoisotopic (exact) mass is 1940 g/mol. The Morgan fingerprint density at radius 1 is 0.168 bits per heavy atom. The minimum absolute atomic E-state index is 0.00722. The van der Waals surface area contributed by atoms with E-state index in [0.717, 1.165) is 0 Å². The predicted molar refractivity (Wildman–Crippen MR) is 465 cm³/mol. The van der Waals surface area contributed by atoms with Gasteiger partial charge in [-0.2, -0.15) is 0 Å². The minimum Gasteiger partial charge on any atom is -0.394 e. The molecular formula is C84H174O47. The van der Waals surface area contributed by atoms with Crippen molar-refractivity contribution in [3.05, 3.63) is 0 Å². The number of methoxy groups -OCH3 is 7. The Hall–Kier alpha value is -1.88. The van der Waals surface area contributed by atoms with Crippen LogP contribution in [0.2, 0.25) is 0 Å². The van der Waals surface area contributed by atoms with Gasteiger partial charge in [0.05, 0.1) is 308 Å². The minimum atomic E-state index is -0.996. The highest BCUT2D eigenvalue weighted by atomic mass is 16.6. The van der Waals surface area contributed by atoms with Crippen LogP contribution in [0, 0.1) is 0 Å². The summed E-state index contributed by atoms with van der Waals surface area (Å²) < 4.78 is 156. The molecule has 21 unspecified atom stereocenters. The molecule has 0 aromatic rings. The van der Waals surface area contributed by atoms with Gasteiger partial charge in [0, 0.05) is 49.8 Å². The van der Waals surface area contributed by atoms with Gasteiger partial charge in [-0.3, -0.25) is 0 Å². The summed E-state index contributed by atoms with van der Waals surface area (Å²) in [5.41, 5.74) is -0.842. The van der Waals surface area contributed by atoms with Gasteiger partial charge in [-0.1, -0.05) is 0 Å². The topological polar surface area (TPSA) is 632 Å². The van der Waals surface area contributed by atoms with Crippen LogP contribution in [0.3, 0.4) is 0 Å². The number of aliphatic hydroxyl groups is 18. The van der Waals surface area contributed by atoms with Gasteiger partial charge in [-0.25, -0.2) is 0 Å². The molecule has 0 amide bonds. The zero-order valence-corrected chi connectivity index (χ0v) is 80.3. The Labute approximate surface area is 774 Å². The van der Waals surface area contributed by atoms with E-state index < -0.39 is 159 Å².